The number of nitrogens with one attached hydrogen (secondary N) is 2. The Hall–Kier alpha value is -2.12. The van der Waals surface area contributed by atoms with Crippen molar-refractivity contribution in [2.45, 2.75) is 12.5 Å². The van der Waals surface area contributed by atoms with Crippen LogP contribution in [0.4, 0.5) is 10.5 Å². The smallest absolute Gasteiger partial charge is 0.321 e. The van der Waals surface area contributed by atoms with Crippen LogP contribution in [0.1, 0.15) is 16.8 Å². The Balaban J connectivity index is 1.53. The molecule has 0 saturated carbocycles. The number of nitrogens with two attached hydrogens (primary N) is 1. The Labute approximate surface area is 135 Å². The Morgan fingerprint density at radius 2 is 2.00 bits per heavy atom. The molecular formula is C16H23N5O2. The fraction of sp³-hybridized carbons (Fsp3) is 0.500. The van der Waals surface area contributed by atoms with Gasteiger partial charge in [-0.3, -0.25) is 9.69 Å². The zero-order chi connectivity index (χ0) is 16.2. The molecule has 0 unspecified atom stereocenters. The molecule has 3 amide bonds. The molecule has 1 atom stereocenters. The lowest BCUT2D eigenvalue weighted by molar-refractivity contribution is 0.1000. The van der Waals surface area contributed by atoms with E-state index in [9.17, 15) is 9.59 Å². The number of piperazine rings is 1. The van der Waals surface area contributed by atoms with Gasteiger partial charge in [0, 0.05) is 50.0 Å². The maximum Gasteiger partial charge on any atom is 0.321 e. The summed E-state index contributed by atoms with van der Waals surface area (Å²) < 4.78 is 0. The predicted molar refractivity (Wildman–Crippen MR) is 88.4 cm³/mol. The molecule has 7 heteroatoms. The zero-order valence-corrected chi connectivity index (χ0v) is 13.1. The minimum Gasteiger partial charge on any atom is -0.366 e. The average molecular weight is 317 g/mol. The highest BCUT2D eigenvalue weighted by atomic mass is 16.2. The molecule has 2 aliphatic rings. The summed E-state index contributed by atoms with van der Waals surface area (Å²) in [5.41, 5.74) is 6.24. The average Bonchev–Trinajstić information content (AvgIpc) is 3.09. The number of anilines is 1. The lowest BCUT2D eigenvalue weighted by Crippen LogP contribution is -2.53. The Morgan fingerprint density at radius 1 is 1.22 bits per heavy atom. The molecular weight excluding hydrogens is 294 g/mol. The second-order valence-electron chi connectivity index (χ2n) is 6.04. The van der Waals surface area contributed by atoms with Crippen LogP contribution in [0.3, 0.4) is 0 Å². The number of amides is 3. The molecule has 2 saturated heterocycles. The molecule has 2 aliphatic heterocycles. The summed E-state index contributed by atoms with van der Waals surface area (Å²) in [6.07, 6.45) is 1.19. The van der Waals surface area contributed by atoms with E-state index < -0.39 is 5.91 Å². The second-order valence-corrected chi connectivity index (χ2v) is 6.04. The first-order valence-corrected chi connectivity index (χ1v) is 8.04. The first kappa shape index (κ1) is 15.8. The van der Waals surface area contributed by atoms with E-state index in [1.165, 1.54) is 6.42 Å². The molecule has 0 aliphatic carbocycles. The van der Waals surface area contributed by atoms with Gasteiger partial charge in [-0.15, -0.1) is 0 Å². The van der Waals surface area contributed by atoms with E-state index in [0.29, 0.717) is 17.3 Å². The summed E-state index contributed by atoms with van der Waals surface area (Å²) in [6, 6.07) is 7.17. The number of primary amides is 1. The Kier molecular flexibility index (Phi) is 4.78. The minimum absolute atomic E-state index is 0.129. The van der Waals surface area contributed by atoms with Crippen molar-refractivity contribution in [3.05, 3.63) is 29.8 Å². The summed E-state index contributed by atoms with van der Waals surface area (Å²) in [4.78, 5) is 27.8. The maximum absolute atomic E-state index is 12.3. The monoisotopic (exact) mass is 317 g/mol. The van der Waals surface area contributed by atoms with Gasteiger partial charge in [0.1, 0.15) is 0 Å². The fourth-order valence-electron chi connectivity index (χ4n) is 3.19. The van der Waals surface area contributed by atoms with Gasteiger partial charge >= 0.3 is 6.03 Å². The Morgan fingerprint density at radius 3 is 2.65 bits per heavy atom. The molecule has 4 N–H and O–H groups in total. The third kappa shape index (κ3) is 3.80. The van der Waals surface area contributed by atoms with Crippen LogP contribution < -0.4 is 16.4 Å². The van der Waals surface area contributed by atoms with Crippen LogP contribution in [0.5, 0.6) is 0 Å². The van der Waals surface area contributed by atoms with Gasteiger partial charge in [-0.05, 0) is 31.2 Å². The van der Waals surface area contributed by atoms with Crippen LogP contribution in [0.15, 0.2) is 24.3 Å². The van der Waals surface area contributed by atoms with Gasteiger partial charge in [-0.25, -0.2) is 4.79 Å². The van der Waals surface area contributed by atoms with Crippen LogP contribution in [-0.4, -0.2) is 67.0 Å². The molecule has 0 aromatic heterocycles. The van der Waals surface area contributed by atoms with Crippen molar-refractivity contribution in [1.29, 1.82) is 0 Å². The van der Waals surface area contributed by atoms with Crippen LogP contribution in [0.25, 0.3) is 0 Å². The molecule has 0 radical (unpaired) electrons. The standard InChI is InChI=1S/C16H23N5O2/c17-15(22)12-2-1-3-13(10-12)19-16(23)21-8-6-20(7-9-21)14-4-5-18-11-14/h1-3,10,14,18H,4-9,11H2,(H2,17,22)(H,19,23)/t14-/m1/s1. The topological polar surface area (TPSA) is 90.7 Å². The highest BCUT2D eigenvalue weighted by molar-refractivity contribution is 5.95. The van der Waals surface area contributed by atoms with Gasteiger partial charge in [-0.2, -0.15) is 0 Å². The van der Waals surface area contributed by atoms with Crippen LogP contribution in [0, 0.1) is 0 Å². The molecule has 0 bridgehead atoms. The van der Waals surface area contributed by atoms with Gasteiger partial charge < -0.3 is 21.3 Å². The summed E-state index contributed by atoms with van der Waals surface area (Å²) in [6.45, 7) is 5.38. The van der Waals surface area contributed by atoms with E-state index in [2.05, 4.69) is 15.5 Å². The van der Waals surface area contributed by atoms with Crippen molar-refractivity contribution in [3.63, 3.8) is 0 Å². The van der Waals surface area contributed by atoms with Crippen LogP contribution in [0.2, 0.25) is 0 Å². The highest BCUT2D eigenvalue weighted by Gasteiger charge is 2.27. The maximum atomic E-state index is 12.3. The summed E-state index contributed by atoms with van der Waals surface area (Å²) >= 11 is 0. The third-order valence-electron chi connectivity index (χ3n) is 4.55. The van der Waals surface area contributed by atoms with Crippen molar-refractivity contribution in [2.75, 3.05) is 44.6 Å². The summed E-state index contributed by atoms with van der Waals surface area (Å²) in [5.74, 6) is -0.500. The van der Waals surface area contributed by atoms with Gasteiger partial charge in [-0.1, -0.05) is 6.07 Å². The molecule has 3 rings (SSSR count). The van der Waals surface area contributed by atoms with E-state index in [4.69, 9.17) is 5.73 Å². The van der Waals surface area contributed by atoms with Crippen LogP contribution >= 0.6 is 0 Å². The largest absolute Gasteiger partial charge is 0.366 e. The highest BCUT2D eigenvalue weighted by Crippen LogP contribution is 2.14. The molecule has 2 fully saturated rings. The zero-order valence-electron chi connectivity index (χ0n) is 13.1. The van der Waals surface area contributed by atoms with Crippen LogP contribution in [-0.2, 0) is 0 Å². The number of rotatable bonds is 3. The number of nitrogens with zero attached hydrogens (tertiary/aromatic N) is 2. The third-order valence-corrected chi connectivity index (χ3v) is 4.55. The van der Waals surface area contributed by atoms with Crippen molar-refractivity contribution in [1.82, 2.24) is 15.1 Å². The first-order valence-electron chi connectivity index (χ1n) is 8.04. The van der Waals surface area contributed by atoms with E-state index in [0.717, 1.165) is 39.3 Å². The van der Waals surface area contributed by atoms with E-state index in [-0.39, 0.29) is 6.03 Å². The van der Waals surface area contributed by atoms with Crippen molar-refractivity contribution < 1.29 is 9.59 Å². The van der Waals surface area contributed by atoms with Gasteiger partial charge in [0.05, 0.1) is 0 Å². The van der Waals surface area contributed by atoms with Crippen molar-refractivity contribution in [2.24, 2.45) is 5.73 Å². The van der Waals surface area contributed by atoms with Gasteiger partial charge in [0.2, 0.25) is 5.91 Å². The van der Waals surface area contributed by atoms with E-state index in [1.807, 2.05) is 4.90 Å². The number of hydrogen-bond donors (Lipinski definition) is 3. The SMILES string of the molecule is NC(=O)c1cccc(NC(=O)N2CCN([C@@H]3CCNC3)CC2)c1. The molecule has 0 spiro atoms. The van der Waals surface area contributed by atoms with Crippen molar-refractivity contribution in [3.8, 4) is 0 Å². The Bertz CT molecular complexity index is 578. The lowest BCUT2D eigenvalue weighted by Gasteiger charge is -2.37. The second kappa shape index (κ2) is 6.97. The molecule has 124 valence electrons. The molecule has 1 aromatic carbocycles. The molecule has 1 aromatic rings. The van der Waals surface area contributed by atoms with Crippen molar-refractivity contribution >= 4 is 17.6 Å². The van der Waals surface area contributed by atoms with E-state index >= 15 is 0 Å². The number of urea groups is 1. The number of carbonyl (C=O) groups is 2. The first-order chi connectivity index (χ1) is 11.1. The fourth-order valence-corrected chi connectivity index (χ4v) is 3.19. The summed E-state index contributed by atoms with van der Waals surface area (Å²) in [7, 11) is 0. The molecule has 2 heterocycles. The quantitative estimate of drug-likeness (QED) is 0.748. The van der Waals surface area contributed by atoms with Gasteiger partial charge in [0.15, 0.2) is 0 Å². The van der Waals surface area contributed by atoms with E-state index in [1.54, 1.807) is 24.3 Å². The summed E-state index contributed by atoms with van der Waals surface area (Å²) in [5, 5.41) is 6.22. The molecule has 7 nitrogen and oxygen atoms in total. The normalized spacial score (nSPS) is 22.1. The van der Waals surface area contributed by atoms with Gasteiger partial charge in [0.25, 0.3) is 0 Å². The molecule has 23 heavy (non-hydrogen) atoms. The number of benzene rings is 1. The predicted octanol–water partition coefficient (Wildman–Crippen LogP) is 0.297. The number of carbonyl (C=O) groups excluding carboxylic acids is 2. The minimum atomic E-state index is -0.500. The number of hydrogen-bond acceptors (Lipinski definition) is 4. The lowest BCUT2D eigenvalue weighted by atomic mass is 10.2.